The van der Waals surface area contributed by atoms with Gasteiger partial charge in [-0.1, -0.05) is 18.2 Å². The normalized spacial score (nSPS) is 16.0. The number of carbonyl (C=O) groups is 1. The van der Waals surface area contributed by atoms with Crippen LogP contribution in [-0.2, 0) is 9.53 Å². The number of halogens is 2. The molecule has 122 valence electrons. The number of alkyl halides is 2. The highest BCUT2D eigenvalue weighted by atomic mass is 19.3. The van der Waals surface area contributed by atoms with E-state index in [1.807, 2.05) is 0 Å². The Morgan fingerprint density at radius 2 is 2.00 bits per heavy atom. The number of esters is 1. The molecule has 0 amide bonds. The van der Waals surface area contributed by atoms with Gasteiger partial charge in [-0.2, -0.15) is 8.78 Å². The van der Waals surface area contributed by atoms with Crippen LogP contribution in [0.25, 0.3) is 6.08 Å². The largest absolute Gasteiger partial charge is 0.465 e. The predicted molar refractivity (Wildman–Crippen MR) is 81.5 cm³/mol. The van der Waals surface area contributed by atoms with Gasteiger partial charge in [0.25, 0.3) is 0 Å². The van der Waals surface area contributed by atoms with E-state index in [4.69, 9.17) is 9.15 Å². The van der Waals surface area contributed by atoms with Gasteiger partial charge in [0.2, 0.25) is 5.90 Å². The van der Waals surface area contributed by atoms with Crippen molar-refractivity contribution in [2.24, 2.45) is 4.99 Å². The van der Waals surface area contributed by atoms with E-state index >= 15 is 0 Å². The molecule has 3 rings (SSSR count). The zero-order chi connectivity index (χ0) is 16.9. The monoisotopic (exact) mass is 331 g/mol. The fourth-order valence-corrected chi connectivity index (χ4v) is 2.00. The first-order chi connectivity index (χ1) is 11.6. The lowest BCUT2D eigenvalue weighted by molar-refractivity contribution is -0.130. The van der Waals surface area contributed by atoms with Crippen LogP contribution in [-0.4, -0.2) is 18.5 Å². The molecule has 0 atom stereocenters. The molecule has 1 aliphatic rings. The molecule has 0 N–H and O–H groups in total. The second kappa shape index (κ2) is 6.91. The Morgan fingerprint density at radius 3 is 2.75 bits per heavy atom. The zero-order valence-electron chi connectivity index (χ0n) is 12.2. The summed E-state index contributed by atoms with van der Waals surface area (Å²) in [6, 6.07) is 9.42. The summed E-state index contributed by atoms with van der Waals surface area (Å²) in [5, 5.41) is 0. The van der Waals surface area contributed by atoms with Gasteiger partial charge in [0, 0.05) is 0 Å². The summed E-state index contributed by atoms with van der Waals surface area (Å²) in [5.74, 6) is -0.278. The van der Waals surface area contributed by atoms with Crippen LogP contribution in [0.1, 0.15) is 11.3 Å². The van der Waals surface area contributed by atoms with Crippen molar-refractivity contribution in [1.29, 1.82) is 0 Å². The van der Waals surface area contributed by atoms with Crippen molar-refractivity contribution in [2.75, 3.05) is 0 Å². The molecule has 0 saturated heterocycles. The van der Waals surface area contributed by atoms with Crippen LogP contribution in [0.5, 0.6) is 5.75 Å². The second-order valence-corrected chi connectivity index (χ2v) is 4.61. The van der Waals surface area contributed by atoms with Crippen molar-refractivity contribution in [3.8, 4) is 5.75 Å². The SMILES string of the molecule is O=C1OC(c2ccccc2OC(F)F)=NC1=CC=Cc1ccco1. The lowest BCUT2D eigenvalue weighted by Crippen LogP contribution is -2.10. The third-order valence-electron chi connectivity index (χ3n) is 3.01. The summed E-state index contributed by atoms with van der Waals surface area (Å²) in [6.07, 6.45) is 6.17. The highest BCUT2D eigenvalue weighted by Gasteiger charge is 2.26. The van der Waals surface area contributed by atoms with Gasteiger partial charge < -0.3 is 13.9 Å². The number of benzene rings is 1. The first-order valence-corrected chi connectivity index (χ1v) is 6.90. The summed E-state index contributed by atoms with van der Waals surface area (Å²) in [5.41, 5.74) is 0.212. The molecule has 24 heavy (non-hydrogen) atoms. The van der Waals surface area contributed by atoms with Crippen LogP contribution in [0.15, 0.2) is 69.9 Å². The number of aliphatic imine (C=N–C) groups is 1. The molecule has 5 nitrogen and oxygen atoms in total. The van der Waals surface area contributed by atoms with Gasteiger partial charge in [-0.05, 0) is 36.4 Å². The Balaban J connectivity index is 1.84. The Labute approximate surface area is 135 Å². The molecule has 0 radical (unpaired) electrons. The van der Waals surface area contributed by atoms with Crippen molar-refractivity contribution < 1.29 is 27.5 Å². The van der Waals surface area contributed by atoms with Crippen LogP contribution >= 0.6 is 0 Å². The van der Waals surface area contributed by atoms with Crippen LogP contribution in [0.4, 0.5) is 8.78 Å². The quantitative estimate of drug-likeness (QED) is 0.618. The molecule has 0 fully saturated rings. The number of hydrogen-bond acceptors (Lipinski definition) is 5. The van der Waals surface area contributed by atoms with E-state index in [9.17, 15) is 13.6 Å². The fraction of sp³-hybridized carbons (Fsp3) is 0.0588. The summed E-state index contributed by atoms with van der Waals surface area (Å²) in [6.45, 7) is -2.99. The number of ether oxygens (including phenoxy) is 2. The van der Waals surface area contributed by atoms with E-state index in [-0.39, 0.29) is 22.9 Å². The van der Waals surface area contributed by atoms with Gasteiger partial charge in [0.1, 0.15) is 11.5 Å². The van der Waals surface area contributed by atoms with Gasteiger partial charge in [-0.25, -0.2) is 9.79 Å². The molecule has 0 spiro atoms. The molecule has 0 saturated carbocycles. The van der Waals surface area contributed by atoms with Gasteiger partial charge in [0.15, 0.2) is 5.70 Å². The number of allylic oxidation sites excluding steroid dienone is 2. The Kier molecular flexibility index (Phi) is 4.51. The molecule has 0 unspecified atom stereocenters. The van der Waals surface area contributed by atoms with Crippen LogP contribution < -0.4 is 4.74 Å². The minimum Gasteiger partial charge on any atom is -0.465 e. The van der Waals surface area contributed by atoms with Crippen molar-refractivity contribution >= 4 is 17.9 Å². The standard InChI is InChI=1S/C17H11F2NO4/c18-17(19)23-14-9-2-1-7-12(14)15-20-13(16(21)24-15)8-3-5-11-6-4-10-22-11/h1-10,17H. The summed E-state index contributed by atoms with van der Waals surface area (Å²) in [7, 11) is 0. The van der Waals surface area contributed by atoms with Gasteiger partial charge in [0.05, 0.1) is 11.8 Å². The number of rotatable bonds is 5. The number of hydrogen-bond donors (Lipinski definition) is 0. The maximum atomic E-state index is 12.4. The maximum Gasteiger partial charge on any atom is 0.387 e. The van der Waals surface area contributed by atoms with Gasteiger partial charge >= 0.3 is 12.6 Å². The molecule has 0 bridgehead atoms. The fourth-order valence-electron chi connectivity index (χ4n) is 2.00. The minimum absolute atomic E-state index is 0.0413. The van der Waals surface area contributed by atoms with Gasteiger partial charge in [-0.3, -0.25) is 0 Å². The van der Waals surface area contributed by atoms with E-state index in [1.54, 1.807) is 30.4 Å². The van der Waals surface area contributed by atoms with E-state index < -0.39 is 12.6 Å². The predicted octanol–water partition coefficient (Wildman–Crippen LogP) is 3.78. The first-order valence-electron chi connectivity index (χ1n) is 6.90. The number of furan rings is 1. The molecule has 1 aromatic carbocycles. The van der Waals surface area contributed by atoms with E-state index in [2.05, 4.69) is 9.73 Å². The van der Waals surface area contributed by atoms with Gasteiger partial charge in [-0.15, -0.1) is 0 Å². The smallest absolute Gasteiger partial charge is 0.387 e. The second-order valence-electron chi connectivity index (χ2n) is 4.61. The molecule has 2 heterocycles. The number of cyclic esters (lactones) is 1. The molecule has 7 heteroatoms. The molecule has 2 aromatic rings. The topological polar surface area (TPSA) is 61.0 Å². The molecule has 1 aliphatic heterocycles. The molecular formula is C17H11F2NO4. The van der Waals surface area contributed by atoms with Crippen molar-refractivity contribution in [3.63, 3.8) is 0 Å². The third kappa shape index (κ3) is 3.57. The Morgan fingerprint density at radius 1 is 1.17 bits per heavy atom. The molecule has 1 aromatic heterocycles. The summed E-state index contributed by atoms with van der Waals surface area (Å²) in [4.78, 5) is 15.9. The van der Waals surface area contributed by atoms with Crippen LogP contribution in [0.3, 0.4) is 0 Å². The third-order valence-corrected chi connectivity index (χ3v) is 3.01. The zero-order valence-corrected chi connectivity index (χ0v) is 12.2. The average Bonchev–Trinajstić information content (AvgIpc) is 3.18. The highest BCUT2D eigenvalue weighted by Crippen LogP contribution is 2.25. The molecule has 0 aliphatic carbocycles. The Hall–Kier alpha value is -3.22. The van der Waals surface area contributed by atoms with Crippen molar-refractivity contribution in [1.82, 2.24) is 0 Å². The van der Waals surface area contributed by atoms with E-state index in [0.29, 0.717) is 5.76 Å². The lowest BCUT2D eigenvalue weighted by Gasteiger charge is -2.08. The minimum atomic E-state index is -2.99. The average molecular weight is 331 g/mol. The highest BCUT2D eigenvalue weighted by molar-refractivity contribution is 6.12. The van der Waals surface area contributed by atoms with Crippen molar-refractivity contribution in [2.45, 2.75) is 6.61 Å². The summed E-state index contributed by atoms with van der Waals surface area (Å²) >= 11 is 0. The number of carbonyl (C=O) groups excluding carboxylic acids is 1. The van der Waals surface area contributed by atoms with Crippen molar-refractivity contribution in [3.05, 3.63) is 71.8 Å². The summed E-state index contributed by atoms with van der Waals surface area (Å²) < 4.78 is 39.4. The molecular weight excluding hydrogens is 320 g/mol. The van der Waals surface area contributed by atoms with Crippen LogP contribution in [0, 0.1) is 0 Å². The Bertz CT molecular complexity index is 823. The van der Waals surface area contributed by atoms with Crippen LogP contribution in [0.2, 0.25) is 0 Å². The van der Waals surface area contributed by atoms with E-state index in [0.717, 1.165) is 0 Å². The lowest BCUT2D eigenvalue weighted by atomic mass is 10.2. The first kappa shape index (κ1) is 15.7. The number of para-hydroxylation sites is 1. The maximum absolute atomic E-state index is 12.4. The number of nitrogens with zero attached hydrogens (tertiary/aromatic N) is 1. The van der Waals surface area contributed by atoms with E-state index in [1.165, 1.54) is 30.5 Å².